The number of aldehydes is 1. The Bertz CT molecular complexity index is 246. The van der Waals surface area contributed by atoms with Gasteiger partial charge in [0.25, 0.3) is 5.84 Å². The molecule has 0 N–H and O–H groups in total. The van der Waals surface area contributed by atoms with Crippen molar-refractivity contribution < 1.29 is 9.72 Å². The Morgan fingerprint density at radius 1 is 1.75 bits per heavy atom. The molecule has 6 nitrogen and oxygen atoms in total. The lowest BCUT2D eigenvalue weighted by Crippen LogP contribution is -2.30. The zero-order valence-electron chi connectivity index (χ0n) is 6.85. The molecule has 12 heavy (non-hydrogen) atoms. The van der Waals surface area contributed by atoms with E-state index in [0.29, 0.717) is 6.29 Å². The van der Waals surface area contributed by atoms with E-state index in [1.807, 2.05) is 0 Å². The van der Waals surface area contributed by atoms with E-state index in [4.69, 9.17) is 0 Å². The molecule has 0 aromatic rings. The van der Waals surface area contributed by atoms with Crippen LogP contribution < -0.4 is 0 Å². The number of nitro groups is 1. The van der Waals surface area contributed by atoms with Gasteiger partial charge in [0.1, 0.15) is 0 Å². The van der Waals surface area contributed by atoms with E-state index in [9.17, 15) is 14.9 Å². The van der Waals surface area contributed by atoms with Crippen molar-refractivity contribution in [2.24, 2.45) is 4.99 Å². The van der Waals surface area contributed by atoms with Crippen molar-refractivity contribution in [2.45, 2.75) is 0 Å². The van der Waals surface area contributed by atoms with Crippen LogP contribution in [0.1, 0.15) is 0 Å². The molecule has 0 rings (SSSR count). The third-order valence-corrected chi connectivity index (χ3v) is 1.28. The Morgan fingerprint density at radius 3 is 2.50 bits per heavy atom. The Morgan fingerprint density at radius 2 is 2.25 bits per heavy atom. The molecule has 0 fully saturated rings. The highest BCUT2D eigenvalue weighted by Crippen LogP contribution is 1.98. The number of hydrogen-bond acceptors (Lipinski definition) is 4. The standard InChI is InChI=1S/C6H9N3O3/c1-5(9(11)12)8(3)6(4-10)7-2/h4H,1H2,2-3H3. The molecule has 6 heteroatoms. The van der Waals surface area contributed by atoms with Crippen LogP contribution in [-0.2, 0) is 4.79 Å². The maximum Gasteiger partial charge on any atom is 0.317 e. The van der Waals surface area contributed by atoms with Gasteiger partial charge in [0.15, 0.2) is 0 Å². The molecule has 0 aliphatic heterocycles. The monoisotopic (exact) mass is 171 g/mol. The molecule has 0 aliphatic rings. The third-order valence-electron chi connectivity index (χ3n) is 1.28. The Hall–Kier alpha value is -1.72. The van der Waals surface area contributed by atoms with Gasteiger partial charge in [-0.25, -0.2) is 9.89 Å². The smallest absolute Gasteiger partial charge is 0.317 e. The highest BCUT2D eigenvalue weighted by atomic mass is 16.6. The number of aliphatic imine (C=N–C) groups is 1. The molecule has 0 saturated carbocycles. The minimum absolute atomic E-state index is 0.0308. The predicted octanol–water partition coefficient (Wildman–Crippen LogP) is -0.107. The fraction of sp³-hybridized carbons (Fsp3) is 0.333. The molecule has 0 saturated heterocycles. The van der Waals surface area contributed by atoms with Gasteiger partial charge in [-0.15, -0.1) is 0 Å². The maximum atomic E-state index is 10.3. The first-order valence-electron chi connectivity index (χ1n) is 3.03. The minimum atomic E-state index is -0.686. The summed E-state index contributed by atoms with van der Waals surface area (Å²) in [5.74, 6) is -0.417. The van der Waals surface area contributed by atoms with E-state index in [-0.39, 0.29) is 11.7 Å². The lowest BCUT2D eigenvalue weighted by molar-refractivity contribution is -0.440. The fourth-order valence-electron chi connectivity index (χ4n) is 0.536. The zero-order valence-corrected chi connectivity index (χ0v) is 6.85. The van der Waals surface area contributed by atoms with Gasteiger partial charge in [0.2, 0.25) is 6.29 Å². The lowest BCUT2D eigenvalue weighted by atomic mass is 10.5. The average Bonchev–Trinajstić information content (AvgIpc) is 2.05. The summed E-state index contributed by atoms with van der Waals surface area (Å²) in [4.78, 5) is 24.3. The van der Waals surface area contributed by atoms with Crippen LogP contribution >= 0.6 is 0 Å². The van der Waals surface area contributed by atoms with Gasteiger partial charge in [-0.05, 0) is 11.5 Å². The molecular weight excluding hydrogens is 162 g/mol. The molecule has 0 unspecified atom stereocenters. The second-order valence-electron chi connectivity index (χ2n) is 1.93. The number of hydrogen-bond donors (Lipinski definition) is 0. The highest BCUT2D eigenvalue weighted by Gasteiger charge is 2.18. The van der Waals surface area contributed by atoms with Crippen LogP contribution in [0.15, 0.2) is 17.4 Å². The van der Waals surface area contributed by atoms with Crippen molar-refractivity contribution in [1.29, 1.82) is 0 Å². The van der Waals surface area contributed by atoms with Crippen LogP contribution in [0, 0.1) is 10.1 Å². The second kappa shape index (κ2) is 4.22. The number of nitrogens with zero attached hydrogens (tertiary/aromatic N) is 3. The summed E-state index contributed by atoms with van der Waals surface area (Å²) in [6.45, 7) is 3.16. The summed E-state index contributed by atoms with van der Waals surface area (Å²) in [6.07, 6.45) is 0.425. The van der Waals surface area contributed by atoms with E-state index in [1.54, 1.807) is 0 Å². The van der Waals surface area contributed by atoms with Crippen molar-refractivity contribution in [3.05, 3.63) is 22.5 Å². The Labute approximate surface area is 69.3 Å². The first-order chi connectivity index (χ1) is 5.54. The Balaban J connectivity index is 4.59. The number of carbonyl (C=O) groups is 1. The molecule has 0 bridgehead atoms. The van der Waals surface area contributed by atoms with Crippen molar-refractivity contribution >= 4 is 12.1 Å². The molecule has 0 radical (unpaired) electrons. The van der Waals surface area contributed by atoms with Gasteiger partial charge in [-0.2, -0.15) is 0 Å². The molecule has 0 atom stereocenters. The van der Waals surface area contributed by atoms with E-state index in [0.717, 1.165) is 4.90 Å². The number of likely N-dealkylation sites (N-methyl/N-ethyl adjacent to an activating group) is 1. The molecule has 0 heterocycles. The molecule has 0 aromatic heterocycles. The van der Waals surface area contributed by atoms with Gasteiger partial charge in [0, 0.05) is 7.05 Å². The van der Waals surface area contributed by atoms with Crippen LogP contribution in [0.2, 0.25) is 0 Å². The first kappa shape index (κ1) is 10.3. The van der Waals surface area contributed by atoms with Crippen LogP contribution in [0.5, 0.6) is 0 Å². The zero-order chi connectivity index (χ0) is 9.72. The van der Waals surface area contributed by atoms with Crippen LogP contribution in [-0.4, -0.2) is 36.0 Å². The molecule has 0 aliphatic carbocycles. The van der Waals surface area contributed by atoms with Crippen LogP contribution in [0.4, 0.5) is 0 Å². The van der Waals surface area contributed by atoms with E-state index < -0.39 is 4.92 Å². The molecule has 0 spiro atoms. The van der Waals surface area contributed by atoms with Crippen molar-refractivity contribution in [3.8, 4) is 0 Å². The predicted molar refractivity (Wildman–Crippen MR) is 43.3 cm³/mol. The van der Waals surface area contributed by atoms with Gasteiger partial charge >= 0.3 is 5.82 Å². The van der Waals surface area contributed by atoms with E-state index in [2.05, 4.69) is 11.6 Å². The minimum Gasteiger partial charge on any atom is -0.358 e. The average molecular weight is 171 g/mol. The summed E-state index contributed by atoms with van der Waals surface area (Å²) >= 11 is 0. The normalized spacial score (nSPS) is 10.7. The van der Waals surface area contributed by atoms with Gasteiger partial charge in [0.05, 0.1) is 7.05 Å². The van der Waals surface area contributed by atoms with E-state index in [1.165, 1.54) is 14.1 Å². The summed E-state index contributed by atoms with van der Waals surface area (Å²) in [6, 6.07) is 0. The lowest BCUT2D eigenvalue weighted by Gasteiger charge is -2.09. The SMILES string of the molecule is C=C(N(C)C(C=O)=NC)[N+](=O)[O-]. The van der Waals surface area contributed by atoms with Gasteiger partial charge < -0.3 is 10.1 Å². The number of rotatable bonds is 3. The van der Waals surface area contributed by atoms with Gasteiger partial charge in [-0.3, -0.25) is 4.79 Å². The maximum absolute atomic E-state index is 10.3. The largest absolute Gasteiger partial charge is 0.358 e. The summed E-state index contributed by atoms with van der Waals surface area (Å²) in [7, 11) is 2.72. The first-order valence-corrected chi connectivity index (χ1v) is 3.03. The second-order valence-corrected chi connectivity index (χ2v) is 1.93. The molecule has 0 aromatic carbocycles. The van der Waals surface area contributed by atoms with E-state index >= 15 is 0 Å². The molecule has 0 amide bonds. The summed E-state index contributed by atoms with van der Waals surface area (Å²) in [5.41, 5.74) is 0. The topological polar surface area (TPSA) is 75.8 Å². The molecular formula is C6H9N3O3. The van der Waals surface area contributed by atoms with Crippen molar-refractivity contribution in [3.63, 3.8) is 0 Å². The highest BCUT2D eigenvalue weighted by molar-refractivity contribution is 6.27. The summed E-state index contributed by atoms with van der Waals surface area (Å²) in [5, 5.41) is 10.2. The summed E-state index contributed by atoms with van der Waals surface area (Å²) < 4.78 is 0. The quantitative estimate of drug-likeness (QED) is 0.195. The van der Waals surface area contributed by atoms with Crippen molar-refractivity contribution in [2.75, 3.05) is 14.1 Å². The number of amidine groups is 1. The van der Waals surface area contributed by atoms with Gasteiger partial charge in [-0.1, -0.05) is 0 Å². The fourth-order valence-corrected chi connectivity index (χ4v) is 0.536. The Kier molecular flexibility index (Phi) is 3.61. The van der Waals surface area contributed by atoms with Crippen LogP contribution in [0.25, 0.3) is 0 Å². The molecule has 66 valence electrons. The van der Waals surface area contributed by atoms with Crippen molar-refractivity contribution in [1.82, 2.24) is 4.90 Å². The number of carbonyl (C=O) groups excluding carboxylic acids is 1. The van der Waals surface area contributed by atoms with Crippen LogP contribution in [0.3, 0.4) is 0 Å². The third kappa shape index (κ3) is 2.15.